The first-order valence-electron chi connectivity index (χ1n) is 7.77. The number of hydrogen-bond acceptors (Lipinski definition) is 7. The molecule has 0 amide bonds. The van der Waals surface area contributed by atoms with E-state index in [0.29, 0.717) is 35.5 Å². The van der Waals surface area contributed by atoms with Gasteiger partial charge in [-0.3, -0.25) is 0 Å². The molecular formula is C18H20N4O3. The van der Waals surface area contributed by atoms with Crippen molar-refractivity contribution in [3.63, 3.8) is 0 Å². The molecule has 0 unspecified atom stereocenters. The summed E-state index contributed by atoms with van der Waals surface area (Å²) in [6, 6.07) is 11.2. The molecule has 7 nitrogen and oxygen atoms in total. The van der Waals surface area contributed by atoms with Crippen LogP contribution in [0.1, 0.15) is 5.56 Å². The van der Waals surface area contributed by atoms with Crippen molar-refractivity contribution in [3.8, 4) is 17.2 Å². The Balaban J connectivity index is 1.78. The highest BCUT2D eigenvalue weighted by atomic mass is 16.5. The highest BCUT2D eigenvalue weighted by molar-refractivity contribution is 5.94. The van der Waals surface area contributed by atoms with Crippen molar-refractivity contribution in [2.75, 3.05) is 32.3 Å². The highest BCUT2D eigenvalue weighted by Gasteiger charge is 2.10. The second-order valence-corrected chi connectivity index (χ2v) is 5.44. The van der Waals surface area contributed by atoms with Crippen LogP contribution < -0.4 is 25.7 Å². The Morgan fingerprint density at radius 2 is 1.68 bits per heavy atom. The molecule has 130 valence electrons. The summed E-state index contributed by atoms with van der Waals surface area (Å²) in [4.78, 5) is 8.19. The van der Waals surface area contributed by atoms with E-state index < -0.39 is 0 Å². The number of anilines is 2. The second kappa shape index (κ2) is 7.12. The quantitative estimate of drug-likeness (QED) is 0.710. The summed E-state index contributed by atoms with van der Waals surface area (Å²) >= 11 is 0. The largest absolute Gasteiger partial charge is 0.497 e. The molecule has 0 saturated heterocycles. The molecule has 7 heteroatoms. The molecule has 3 aromatic rings. The van der Waals surface area contributed by atoms with Crippen molar-refractivity contribution in [2.45, 2.75) is 6.42 Å². The van der Waals surface area contributed by atoms with Crippen LogP contribution in [0.2, 0.25) is 0 Å². The smallest absolute Gasteiger partial charge is 0.222 e. The molecule has 2 aromatic carbocycles. The van der Waals surface area contributed by atoms with Gasteiger partial charge >= 0.3 is 0 Å². The molecule has 3 rings (SSSR count). The Labute approximate surface area is 145 Å². The van der Waals surface area contributed by atoms with Crippen LogP contribution in [0.5, 0.6) is 17.2 Å². The first-order chi connectivity index (χ1) is 12.1. The van der Waals surface area contributed by atoms with Gasteiger partial charge in [-0.15, -0.1) is 0 Å². The Hall–Kier alpha value is -3.22. The van der Waals surface area contributed by atoms with Gasteiger partial charge < -0.3 is 25.7 Å². The van der Waals surface area contributed by atoms with Gasteiger partial charge in [-0.05, 0) is 29.8 Å². The van der Waals surface area contributed by atoms with E-state index in [2.05, 4.69) is 9.97 Å². The molecule has 0 saturated carbocycles. The minimum Gasteiger partial charge on any atom is -0.497 e. The lowest BCUT2D eigenvalue weighted by Crippen LogP contribution is -2.05. The summed E-state index contributed by atoms with van der Waals surface area (Å²) < 4.78 is 16.5. The lowest BCUT2D eigenvalue weighted by Gasteiger charge is -2.12. The third kappa shape index (κ3) is 3.65. The molecule has 0 radical (unpaired) electrons. The van der Waals surface area contributed by atoms with Gasteiger partial charge in [0.05, 0.1) is 31.7 Å². The maximum atomic E-state index is 5.97. The minimum absolute atomic E-state index is 0.144. The molecule has 1 heterocycles. The summed E-state index contributed by atoms with van der Waals surface area (Å²) in [6.45, 7) is 0.458. The van der Waals surface area contributed by atoms with Crippen LogP contribution in [0.15, 0.2) is 36.4 Å². The van der Waals surface area contributed by atoms with Crippen LogP contribution in [-0.4, -0.2) is 30.8 Å². The number of nitrogens with two attached hydrogens (primary N) is 2. The number of aromatic nitrogens is 2. The first-order valence-corrected chi connectivity index (χ1v) is 7.77. The molecule has 25 heavy (non-hydrogen) atoms. The number of methoxy groups -OCH3 is 2. The zero-order valence-electron chi connectivity index (χ0n) is 14.2. The SMILES string of the molecule is COc1cc(CCOc2cccc3nc(N)nc(N)c23)cc(OC)c1. The Kier molecular flexibility index (Phi) is 4.74. The van der Waals surface area contributed by atoms with Gasteiger partial charge in [0, 0.05) is 12.5 Å². The van der Waals surface area contributed by atoms with Crippen LogP contribution in [0.3, 0.4) is 0 Å². The summed E-state index contributed by atoms with van der Waals surface area (Å²) in [5.41, 5.74) is 13.3. The van der Waals surface area contributed by atoms with E-state index in [1.54, 1.807) is 14.2 Å². The third-order valence-corrected chi connectivity index (χ3v) is 3.79. The van der Waals surface area contributed by atoms with E-state index in [-0.39, 0.29) is 5.95 Å². The molecule has 0 fully saturated rings. The maximum Gasteiger partial charge on any atom is 0.222 e. The lowest BCUT2D eigenvalue weighted by molar-refractivity contribution is 0.325. The second-order valence-electron chi connectivity index (χ2n) is 5.44. The fourth-order valence-electron chi connectivity index (χ4n) is 2.61. The van der Waals surface area contributed by atoms with Crippen molar-refractivity contribution in [2.24, 2.45) is 0 Å². The van der Waals surface area contributed by atoms with Gasteiger partial charge in [0.15, 0.2) is 0 Å². The van der Waals surface area contributed by atoms with Crippen molar-refractivity contribution in [1.29, 1.82) is 0 Å². The molecule has 0 aliphatic rings. The van der Waals surface area contributed by atoms with Crippen LogP contribution in [0, 0.1) is 0 Å². The van der Waals surface area contributed by atoms with Crippen molar-refractivity contribution in [3.05, 3.63) is 42.0 Å². The zero-order valence-corrected chi connectivity index (χ0v) is 14.2. The highest BCUT2D eigenvalue weighted by Crippen LogP contribution is 2.29. The van der Waals surface area contributed by atoms with Gasteiger partial charge in [0.25, 0.3) is 0 Å². The van der Waals surface area contributed by atoms with Crippen molar-refractivity contribution < 1.29 is 14.2 Å². The third-order valence-electron chi connectivity index (χ3n) is 3.79. The molecule has 0 atom stereocenters. The summed E-state index contributed by atoms with van der Waals surface area (Å²) in [5, 5.41) is 0.667. The van der Waals surface area contributed by atoms with Gasteiger partial charge in [-0.25, -0.2) is 4.98 Å². The van der Waals surface area contributed by atoms with Crippen molar-refractivity contribution >= 4 is 22.7 Å². The maximum absolute atomic E-state index is 5.97. The van der Waals surface area contributed by atoms with Gasteiger partial charge in [0.2, 0.25) is 5.95 Å². The fourth-order valence-corrected chi connectivity index (χ4v) is 2.61. The zero-order chi connectivity index (χ0) is 17.8. The summed E-state index contributed by atoms with van der Waals surface area (Å²) in [5.74, 6) is 2.57. The van der Waals surface area contributed by atoms with E-state index in [4.69, 9.17) is 25.7 Å². The van der Waals surface area contributed by atoms with E-state index >= 15 is 0 Å². The Morgan fingerprint density at radius 3 is 2.36 bits per heavy atom. The van der Waals surface area contributed by atoms with Crippen LogP contribution in [-0.2, 0) is 6.42 Å². The average Bonchev–Trinajstić information content (AvgIpc) is 2.61. The van der Waals surface area contributed by atoms with Gasteiger partial charge in [0.1, 0.15) is 23.1 Å². The van der Waals surface area contributed by atoms with Crippen LogP contribution >= 0.6 is 0 Å². The molecule has 0 bridgehead atoms. The molecule has 1 aromatic heterocycles. The standard InChI is InChI=1S/C18H20N4O3/c1-23-12-8-11(9-13(10-12)24-2)6-7-25-15-5-3-4-14-16(15)17(19)22-18(20)21-14/h3-5,8-10H,6-7H2,1-2H3,(H4,19,20,21,22). The fraction of sp³-hybridized carbons (Fsp3) is 0.222. The number of nitrogens with zero attached hydrogens (tertiary/aromatic N) is 2. The normalized spacial score (nSPS) is 10.6. The number of hydrogen-bond donors (Lipinski definition) is 2. The van der Waals surface area contributed by atoms with Crippen LogP contribution in [0.4, 0.5) is 11.8 Å². The monoisotopic (exact) mass is 340 g/mol. The number of nitrogen functional groups attached to an aromatic ring is 2. The Bertz CT molecular complexity index is 877. The average molecular weight is 340 g/mol. The number of ether oxygens (including phenoxy) is 3. The molecule has 0 aliphatic heterocycles. The molecular weight excluding hydrogens is 320 g/mol. The summed E-state index contributed by atoms with van der Waals surface area (Å²) in [6.07, 6.45) is 0.680. The number of benzene rings is 2. The van der Waals surface area contributed by atoms with E-state index in [0.717, 1.165) is 17.1 Å². The van der Waals surface area contributed by atoms with Crippen molar-refractivity contribution in [1.82, 2.24) is 9.97 Å². The number of rotatable bonds is 6. The van der Waals surface area contributed by atoms with E-state index in [1.165, 1.54) is 0 Å². The molecule has 4 N–H and O–H groups in total. The Morgan fingerprint density at radius 1 is 0.960 bits per heavy atom. The van der Waals surface area contributed by atoms with E-state index in [9.17, 15) is 0 Å². The first kappa shape index (κ1) is 16.6. The molecule has 0 aliphatic carbocycles. The van der Waals surface area contributed by atoms with Gasteiger partial charge in [-0.1, -0.05) is 6.07 Å². The van der Waals surface area contributed by atoms with Crippen LogP contribution in [0.25, 0.3) is 10.9 Å². The summed E-state index contributed by atoms with van der Waals surface area (Å²) in [7, 11) is 3.25. The predicted octanol–water partition coefficient (Wildman–Crippen LogP) is 2.43. The predicted molar refractivity (Wildman–Crippen MR) is 97.1 cm³/mol. The number of fused-ring (bicyclic) bond motifs is 1. The van der Waals surface area contributed by atoms with Gasteiger partial charge in [-0.2, -0.15) is 4.98 Å². The molecule has 0 spiro atoms. The lowest BCUT2D eigenvalue weighted by atomic mass is 10.1. The minimum atomic E-state index is 0.144. The van der Waals surface area contributed by atoms with E-state index in [1.807, 2.05) is 36.4 Å². The topological polar surface area (TPSA) is 106 Å².